The molecule has 0 aliphatic heterocycles. The number of H-pyrrole nitrogens is 1. The number of hydrogen-bond donors (Lipinski definition) is 10. The number of carbonyl (C=O) groups excluding carboxylic acids is 3. The molecule has 0 saturated carbocycles. The SMILES string of the molecule is NC(N)=NCCCC(NC(=O)C(N)CCC(=O)O)C(=O)NC(Cc1c[nH]c2ccccc12)C(=O)NC(Cc1ccc(O)cc1)C(=O)O. The molecule has 16 nitrogen and oxygen atoms in total. The average Bonchev–Trinajstić information content (AvgIpc) is 3.43. The molecule has 2 aromatic carbocycles. The van der Waals surface area contributed by atoms with Gasteiger partial charge < -0.3 is 53.5 Å². The van der Waals surface area contributed by atoms with Gasteiger partial charge in [0.2, 0.25) is 17.7 Å². The smallest absolute Gasteiger partial charge is 0.326 e. The number of benzene rings is 2. The average molecular weight is 653 g/mol. The maximum atomic E-state index is 13.7. The number of para-hydroxylation sites is 1. The van der Waals surface area contributed by atoms with Crippen LogP contribution in [-0.2, 0) is 36.8 Å². The molecule has 47 heavy (non-hydrogen) atoms. The Morgan fingerprint density at radius 2 is 1.45 bits per heavy atom. The van der Waals surface area contributed by atoms with Gasteiger partial charge in [0.05, 0.1) is 6.04 Å². The third-order valence-corrected chi connectivity index (χ3v) is 7.31. The zero-order valence-corrected chi connectivity index (χ0v) is 25.5. The van der Waals surface area contributed by atoms with Gasteiger partial charge in [-0.1, -0.05) is 30.3 Å². The first-order valence-corrected chi connectivity index (χ1v) is 14.8. The van der Waals surface area contributed by atoms with Crippen LogP contribution in [0.1, 0.15) is 36.8 Å². The van der Waals surface area contributed by atoms with Crippen molar-refractivity contribution < 1.29 is 39.3 Å². The van der Waals surface area contributed by atoms with Gasteiger partial charge in [-0.3, -0.25) is 24.2 Å². The van der Waals surface area contributed by atoms with Crippen LogP contribution in [0.2, 0.25) is 0 Å². The number of guanidine groups is 1. The number of carboxylic acid groups (broad SMARTS) is 2. The summed E-state index contributed by atoms with van der Waals surface area (Å²) in [6.07, 6.45) is 1.27. The van der Waals surface area contributed by atoms with Crippen LogP contribution in [0.25, 0.3) is 10.9 Å². The van der Waals surface area contributed by atoms with E-state index < -0.39 is 53.8 Å². The van der Waals surface area contributed by atoms with Crippen molar-refractivity contribution in [3.63, 3.8) is 0 Å². The van der Waals surface area contributed by atoms with Crippen molar-refractivity contribution in [1.29, 1.82) is 0 Å². The molecule has 13 N–H and O–H groups in total. The number of aliphatic carboxylic acids is 2. The Balaban J connectivity index is 1.86. The van der Waals surface area contributed by atoms with Crippen LogP contribution in [0.5, 0.6) is 5.75 Å². The van der Waals surface area contributed by atoms with Crippen molar-refractivity contribution >= 4 is 46.5 Å². The second-order valence-electron chi connectivity index (χ2n) is 10.9. The minimum Gasteiger partial charge on any atom is -0.508 e. The Labute approximate surface area is 269 Å². The minimum absolute atomic E-state index is 0.00560. The molecule has 3 amide bonds. The van der Waals surface area contributed by atoms with Gasteiger partial charge in [-0.05, 0) is 48.6 Å². The number of amides is 3. The number of nitrogens with one attached hydrogen (secondary N) is 4. The number of carboxylic acids is 2. The van der Waals surface area contributed by atoms with E-state index in [1.807, 2.05) is 18.2 Å². The maximum Gasteiger partial charge on any atom is 0.326 e. The molecular formula is C31H40N8O8. The lowest BCUT2D eigenvalue weighted by molar-refractivity contribution is -0.142. The highest BCUT2D eigenvalue weighted by molar-refractivity contribution is 5.95. The van der Waals surface area contributed by atoms with Crippen LogP contribution in [-0.4, -0.2) is 86.6 Å². The summed E-state index contributed by atoms with van der Waals surface area (Å²) in [5, 5.41) is 36.9. The Bertz CT molecular complexity index is 1590. The summed E-state index contributed by atoms with van der Waals surface area (Å²) >= 11 is 0. The second kappa shape index (κ2) is 17.2. The molecule has 1 heterocycles. The van der Waals surface area contributed by atoms with Crippen molar-refractivity contribution in [3.8, 4) is 5.75 Å². The minimum atomic E-state index is -1.38. The van der Waals surface area contributed by atoms with Crippen LogP contribution >= 0.6 is 0 Å². The molecule has 4 atom stereocenters. The number of aliphatic imine (C=N–C) groups is 1. The number of phenolic OH excluding ortho intramolecular Hbond substituents is 1. The first-order chi connectivity index (χ1) is 22.3. The number of nitrogens with two attached hydrogens (primary N) is 3. The highest BCUT2D eigenvalue weighted by atomic mass is 16.4. The lowest BCUT2D eigenvalue weighted by atomic mass is 10.0. The molecule has 0 spiro atoms. The van der Waals surface area contributed by atoms with Gasteiger partial charge in [-0.15, -0.1) is 0 Å². The van der Waals surface area contributed by atoms with Crippen LogP contribution in [0.4, 0.5) is 0 Å². The number of carbonyl (C=O) groups is 5. The predicted molar refractivity (Wildman–Crippen MR) is 172 cm³/mol. The molecule has 0 aliphatic rings. The first kappa shape index (κ1) is 35.8. The van der Waals surface area contributed by atoms with Crippen LogP contribution in [0, 0.1) is 0 Å². The molecule has 16 heteroatoms. The summed E-state index contributed by atoms with van der Waals surface area (Å²) in [5.41, 5.74) is 18.6. The highest BCUT2D eigenvalue weighted by Crippen LogP contribution is 2.20. The lowest BCUT2D eigenvalue weighted by Crippen LogP contribution is -2.57. The Kier molecular flexibility index (Phi) is 13.1. The fourth-order valence-corrected chi connectivity index (χ4v) is 4.80. The monoisotopic (exact) mass is 652 g/mol. The normalized spacial score (nSPS) is 13.5. The van der Waals surface area contributed by atoms with Crippen molar-refractivity contribution in [2.75, 3.05) is 6.54 Å². The third kappa shape index (κ3) is 11.3. The number of nitrogens with zero attached hydrogens (tertiary/aromatic N) is 1. The van der Waals surface area contributed by atoms with Crippen molar-refractivity contribution in [3.05, 3.63) is 65.9 Å². The number of aromatic hydroxyl groups is 1. The number of fused-ring (bicyclic) bond motifs is 1. The number of hydrogen-bond acceptors (Lipinski definition) is 8. The summed E-state index contributed by atoms with van der Waals surface area (Å²) in [6.45, 7) is 0.129. The van der Waals surface area contributed by atoms with E-state index >= 15 is 0 Å². The van der Waals surface area contributed by atoms with Gasteiger partial charge in [0.25, 0.3) is 0 Å². The van der Waals surface area contributed by atoms with Gasteiger partial charge in [0.1, 0.15) is 23.9 Å². The Morgan fingerprint density at radius 1 is 0.809 bits per heavy atom. The maximum absolute atomic E-state index is 13.7. The van der Waals surface area contributed by atoms with E-state index in [2.05, 4.69) is 25.9 Å². The van der Waals surface area contributed by atoms with E-state index in [1.165, 1.54) is 24.3 Å². The van der Waals surface area contributed by atoms with E-state index in [-0.39, 0.29) is 56.8 Å². The molecule has 0 aliphatic carbocycles. The summed E-state index contributed by atoms with van der Waals surface area (Å²) in [4.78, 5) is 70.2. The summed E-state index contributed by atoms with van der Waals surface area (Å²) in [6, 6.07) is 8.02. The molecule has 252 valence electrons. The third-order valence-electron chi connectivity index (χ3n) is 7.31. The molecule has 0 bridgehead atoms. The highest BCUT2D eigenvalue weighted by Gasteiger charge is 2.31. The molecule has 0 fully saturated rings. The molecule has 0 radical (unpaired) electrons. The van der Waals surface area contributed by atoms with Crippen LogP contribution in [0.3, 0.4) is 0 Å². The van der Waals surface area contributed by atoms with Gasteiger partial charge in [0, 0.05) is 42.9 Å². The fourth-order valence-electron chi connectivity index (χ4n) is 4.80. The fraction of sp³-hybridized carbons (Fsp3) is 0.355. The van der Waals surface area contributed by atoms with E-state index in [4.69, 9.17) is 22.3 Å². The van der Waals surface area contributed by atoms with Gasteiger partial charge in [-0.2, -0.15) is 0 Å². The largest absolute Gasteiger partial charge is 0.508 e. The number of aromatic amines is 1. The lowest BCUT2D eigenvalue weighted by Gasteiger charge is -2.25. The molecular weight excluding hydrogens is 612 g/mol. The van der Waals surface area contributed by atoms with E-state index in [0.717, 1.165) is 10.9 Å². The molecule has 1 aromatic heterocycles. The standard InChI is InChI=1S/C31H40N8O8/c32-21(11-12-26(41)42)27(43)37-23(6-3-13-35-31(33)34)28(44)38-24(15-18-16-36-22-5-2-1-4-20(18)22)29(45)39-25(30(46)47)14-17-7-9-19(40)10-8-17/h1-2,4-5,7-10,16,21,23-25,36,40H,3,6,11-15,32H2,(H,37,43)(H,38,44)(H,39,45)(H,41,42)(H,46,47)(H4,33,34,35). The van der Waals surface area contributed by atoms with Crippen molar-refractivity contribution in [2.45, 2.75) is 62.7 Å². The summed E-state index contributed by atoms with van der Waals surface area (Å²) < 4.78 is 0. The molecule has 4 unspecified atom stereocenters. The van der Waals surface area contributed by atoms with Gasteiger partial charge >= 0.3 is 11.9 Å². The van der Waals surface area contributed by atoms with Crippen LogP contribution in [0.15, 0.2) is 59.7 Å². The van der Waals surface area contributed by atoms with Crippen molar-refractivity contribution in [2.24, 2.45) is 22.2 Å². The van der Waals surface area contributed by atoms with Crippen molar-refractivity contribution in [1.82, 2.24) is 20.9 Å². The number of rotatable bonds is 18. The van der Waals surface area contributed by atoms with E-state index in [0.29, 0.717) is 11.1 Å². The van der Waals surface area contributed by atoms with E-state index in [9.17, 15) is 34.2 Å². The molecule has 0 saturated heterocycles. The quantitative estimate of drug-likeness (QED) is 0.0472. The number of phenols is 1. The molecule has 3 rings (SSSR count). The van der Waals surface area contributed by atoms with E-state index in [1.54, 1.807) is 12.3 Å². The van der Waals surface area contributed by atoms with Gasteiger partial charge in [0.15, 0.2) is 5.96 Å². The van der Waals surface area contributed by atoms with Gasteiger partial charge in [-0.25, -0.2) is 4.79 Å². The summed E-state index contributed by atoms with van der Waals surface area (Å²) in [7, 11) is 0. The number of aromatic nitrogens is 1. The topological polar surface area (TPSA) is 288 Å². The Morgan fingerprint density at radius 3 is 2.11 bits per heavy atom. The Hall–Kier alpha value is -5.64. The molecule has 3 aromatic rings. The zero-order chi connectivity index (χ0) is 34.5. The summed E-state index contributed by atoms with van der Waals surface area (Å²) in [5.74, 6) is -4.96. The first-order valence-electron chi connectivity index (χ1n) is 14.8. The zero-order valence-electron chi connectivity index (χ0n) is 25.5. The predicted octanol–water partition coefficient (Wildman–Crippen LogP) is -0.557. The second-order valence-corrected chi connectivity index (χ2v) is 10.9. The van der Waals surface area contributed by atoms with Crippen LogP contribution < -0.4 is 33.2 Å².